The van der Waals surface area contributed by atoms with Crippen LogP contribution in [-0.4, -0.2) is 51.7 Å². The minimum atomic E-state index is -0.447. The molecule has 1 aromatic heterocycles. The van der Waals surface area contributed by atoms with Gasteiger partial charge < -0.3 is 14.4 Å². The van der Waals surface area contributed by atoms with Crippen molar-refractivity contribution in [1.29, 1.82) is 0 Å². The SMILES string of the molecule is CN(C(=O)[C@@H]1CCCN1C(=O)CSc1nc2ccccc2n1C)c1ccccc1-c1ccccc1. The first-order valence-corrected chi connectivity index (χ1v) is 12.8. The molecule has 3 aromatic carbocycles. The topological polar surface area (TPSA) is 58.4 Å². The van der Waals surface area contributed by atoms with Crippen LogP contribution in [0.15, 0.2) is 84.0 Å². The van der Waals surface area contributed by atoms with Crippen LogP contribution in [0.5, 0.6) is 0 Å². The fraction of sp³-hybridized carbons (Fsp3) is 0.250. The maximum absolute atomic E-state index is 13.6. The Morgan fingerprint density at radius 2 is 1.71 bits per heavy atom. The minimum absolute atomic E-state index is 0.0253. The van der Waals surface area contributed by atoms with Gasteiger partial charge in [0.05, 0.1) is 22.5 Å². The number of likely N-dealkylation sites (N-methyl/N-ethyl adjacent to an activating group) is 1. The number of hydrogen-bond acceptors (Lipinski definition) is 4. The number of fused-ring (bicyclic) bond motifs is 1. The maximum atomic E-state index is 13.6. The normalized spacial score (nSPS) is 15.5. The van der Waals surface area contributed by atoms with Gasteiger partial charge in [0.25, 0.3) is 0 Å². The number of nitrogens with zero attached hydrogens (tertiary/aromatic N) is 4. The van der Waals surface area contributed by atoms with Gasteiger partial charge in [0.1, 0.15) is 6.04 Å². The van der Waals surface area contributed by atoms with Crippen molar-refractivity contribution in [1.82, 2.24) is 14.5 Å². The fourth-order valence-electron chi connectivity index (χ4n) is 4.75. The molecule has 5 rings (SSSR count). The Morgan fingerprint density at radius 3 is 2.51 bits per heavy atom. The van der Waals surface area contributed by atoms with E-state index in [9.17, 15) is 9.59 Å². The van der Waals surface area contributed by atoms with Crippen molar-refractivity contribution in [3.63, 3.8) is 0 Å². The highest BCUT2D eigenvalue weighted by molar-refractivity contribution is 7.99. The first-order valence-electron chi connectivity index (χ1n) is 11.8. The number of para-hydroxylation sites is 3. The lowest BCUT2D eigenvalue weighted by atomic mass is 10.0. The molecule has 1 aliphatic rings. The van der Waals surface area contributed by atoms with Crippen LogP contribution in [-0.2, 0) is 16.6 Å². The van der Waals surface area contributed by atoms with Crippen molar-refractivity contribution in [3.8, 4) is 11.1 Å². The number of thioether (sulfide) groups is 1. The van der Waals surface area contributed by atoms with Gasteiger partial charge in [0, 0.05) is 26.2 Å². The lowest BCUT2D eigenvalue weighted by Gasteiger charge is -2.29. The van der Waals surface area contributed by atoms with Gasteiger partial charge in [-0.1, -0.05) is 72.4 Å². The summed E-state index contributed by atoms with van der Waals surface area (Å²) in [5, 5.41) is 0.801. The predicted octanol–water partition coefficient (Wildman–Crippen LogP) is 4.99. The number of carbonyl (C=O) groups excluding carboxylic acids is 2. The number of benzene rings is 3. The van der Waals surface area contributed by atoms with Crippen LogP contribution in [0.25, 0.3) is 22.2 Å². The Labute approximate surface area is 209 Å². The van der Waals surface area contributed by atoms with Crippen molar-refractivity contribution >= 4 is 40.3 Å². The number of hydrogen-bond donors (Lipinski definition) is 0. The zero-order valence-electron chi connectivity index (χ0n) is 19.9. The summed E-state index contributed by atoms with van der Waals surface area (Å²) in [5.41, 5.74) is 4.85. The first kappa shape index (κ1) is 23.2. The molecule has 4 aromatic rings. The van der Waals surface area contributed by atoms with Gasteiger partial charge in [-0.25, -0.2) is 4.98 Å². The number of rotatable bonds is 6. The smallest absolute Gasteiger partial charge is 0.249 e. The van der Waals surface area contributed by atoms with Crippen LogP contribution < -0.4 is 4.90 Å². The van der Waals surface area contributed by atoms with Crippen LogP contribution in [0.4, 0.5) is 5.69 Å². The summed E-state index contributed by atoms with van der Waals surface area (Å²) >= 11 is 1.42. The molecule has 0 saturated carbocycles. The summed E-state index contributed by atoms with van der Waals surface area (Å²) in [4.78, 5) is 34.9. The van der Waals surface area contributed by atoms with Gasteiger partial charge >= 0.3 is 0 Å². The van der Waals surface area contributed by atoms with Crippen molar-refractivity contribution in [2.75, 3.05) is 24.2 Å². The van der Waals surface area contributed by atoms with Crippen molar-refractivity contribution in [3.05, 3.63) is 78.9 Å². The summed E-state index contributed by atoms with van der Waals surface area (Å²) in [6.45, 7) is 0.604. The van der Waals surface area contributed by atoms with Gasteiger partial charge in [-0.2, -0.15) is 0 Å². The number of anilines is 1. The molecule has 1 saturated heterocycles. The largest absolute Gasteiger partial charge is 0.330 e. The third kappa shape index (κ3) is 4.56. The summed E-state index contributed by atoms with van der Waals surface area (Å²) < 4.78 is 2.01. The Morgan fingerprint density at radius 1 is 1.00 bits per heavy atom. The summed E-state index contributed by atoms with van der Waals surface area (Å²) in [6.07, 6.45) is 1.51. The van der Waals surface area contributed by atoms with Crippen molar-refractivity contribution in [2.24, 2.45) is 7.05 Å². The molecule has 178 valence electrons. The second-order valence-corrected chi connectivity index (χ2v) is 9.70. The molecule has 6 nitrogen and oxygen atoms in total. The maximum Gasteiger partial charge on any atom is 0.249 e. The second kappa shape index (κ2) is 9.96. The molecule has 0 unspecified atom stereocenters. The van der Waals surface area contributed by atoms with Crippen molar-refractivity contribution in [2.45, 2.75) is 24.0 Å². The van der Waals surface area contributed by atoms with E-state index in [-0.39, 0.29) is 17.6 Å². The van der Waals surface area contributed by atoms with E-state index in [1.165, 1.54) is 11.8 Å². The monoisotopic (exact) mass is 484 g/mol. The highest BCUT2D eigenvalue weighted by Gasteiger charge is 2.36. The Bertz CT molecular complexity index is 1370. The molecule has 35 heavy (non-hydrogen) atoms. The summed E-state index contributed by atoms with van der Waals surface area (Å²) in [5.74, 6) is 0.181. The number of amides is 2. The van der Waals surface area contributed by atoms with Crippen LogP contribution in [0.2, 0.25) is 0 Å². The summed E-state index contributed by atoms with van der Waals surface area (Å²) in [7, 11) is 3.77. The highest BCUT2D eigenvalue weighted by Crippen LogP contribution is 2.32. The van der Waals surface area contributed by atoms with Crippen LogP contribution in [0.1, 0.15) is 12.8 Å². The van der Waals surface area contributed by atoms with E-state index < -0.39 is 6.04 Å². The quantitative estimate of drug-likeness (QED) is 0.362. The number of likely N-dealkylation sites (tertiary alicyclic amines) is 1. The molecule has 0 bridgehead atoms. The zero-order chi connectivity index (χ0) is 24.4. The molecule has 0 spiro atoms. The predicted molar refractivity (Wildman–Crippen MR) is 141 cm³/mol. The van der Waals surface area contributed by atoms with E-state index in [1.807, 2.05) is 90.5 Å². The molecule has 2 heterocycles. The fourth-order valence-corrected chi connectivity index (χ4v) is 5.63. The Hall–Kier alpha value is -3.58. The average Bonchev–Trinajstić information content (AvgIpc) is 3.52. The van der Waals surface area contributed by atoms with Crippen molar-refractivity contribution < 1.29 is 9.59 Å². The van der Waals surface area contributed by atoms with Gasteiger partial charge in [-0.15, -0.1) is 0 Å². The molecule has 2 amide bonds. The Balaban J connectivity index is 1.31. The van der Waals surface area contributed by atoms with Gasteiger partial charge in [0.15, 0.2) is 5.16 Å². The van der Waals surface area contributed by atoms with Gasteiger partial charge in [0.2, 0.25) is 11.8 Å². The van der Waals surface area contributed by atoms with E-state index in [0.29, 0.717) is 13.0 Å². The standard InChI is InChI=1S/C28H28N4O2S/c1-30(23-15-8-6-13-21(23)20-11-4-3-5-12-20)27(34)25-17-10-18-32(25)26(33)19-35-28-29-22-14-7-9-16-24(22)31(28)2/h3-9,11-16,25H,10,17-19H2,1-2H3/t25-/m0/s1. The van der Waals surface area contributed by atoms with Crippen LogP contribution in [0, 0.1) is 0 Å². The second-order valence-electron chi connectivity index (χ2n) is 8.76. The van der Waals surface area contributed by atoms with Crippen LogP contribution in [0.3, 0.4) is 0 Å². The summed E-state index contributed by atoms with van der Waals surface area (Å²) in [6, 6.07) is 25.5. The van der Waals surface area contributed by atoms with E-state index in [0.717, 1.165) is 39.4 Å². The minimum Gasteiger partial charge on any atom is -0.330 e. The molecule has 1 atom stereocenters. The average molecular weight is 485 g/mol. The molecule has 0 radical (unpaired) electrons. The van der Waals surface area contributed by atoms with E-state index >= 15 is 0 Å². The third-order valence-electron chi connectivity index (χ3n) is 6.61. The lowest BCUT2D eigenvalue weighted by Crippen LogP contribution is -2.47. The molecule has 0 aliphatic carbocycles. The lowest BCUT2D eigenvalue weighted by molar-refractivity contribution is -0.135. The number of aromatic nitrogens is 2. The number of imidazole rings is 1. The van der Waals surface area contributed by atoms with E-state index in [4.69, 9.17) is 0 Å². The number of aryl methyl sites for hydroxylation is 1. The molecule has 0 N–H and O–H groups in total. The highest BCUT2D eigenvalue weighted by atomic mass is 32.2. The molecule has 1 aliphatic heterocycles. The third-order valence-corrected chi connectivity index (χ3v) is 7.62. The first-order chi connectivity index (χ1) is 17.0. The molecular formula is C28H28N4O2S. The number of carbonyl (C=O) groups is 2. The van der Waals surface area contributed by atoms with E-state index in [2.05, 4.69) is 4.98 Å². The Kier molecular flexibility index (Phi) is 6.59. The van der Waals surface area contributed by atoms with E-state index in [1.54, 1.807) is 16.8 Å². The van der Waals surface area contributed by atoms with Crippen LogP contribution >= 0.6 is 11.8 Å². The molecule has 7 heteroatoms. The molecular weight excluding hydrogens is 456 g/mol. The van der Waals surface area contributed by atoms with Gasteiger partial charge in [-0.05, 0) is 36.6 Å². The van der Waals surface area contributed by atoms with Gasteiger partial charge in [-0.3, -0.25) is 9.59 Å². The zero-order valence-corrected chi connectivity index (χ0v) is 20.7. The molecule has 1 fully saturated rings.